The number of nitrogens with zero attached hydrogens (tertiary/aromatic N) is 3. The average Bonchev–Trinajstić information content (AvgIpc) is 2.86. The van der Waals surface area contributed by atoms with Crippen LogP contribution in [-0.4, -0.2) is 33.9 Å². The minimum Gasteiger partial charge on any atom is -0.445 e. The number of carbonyl (C=O) groups excluding carboxylic acids is 1. The highest BCUT2D eigenvalue weighted by atomic mass is 127. The third-order valence-corrected chi connectivity index (χ3v) is 4.02. The van der Waals surface area contributed by atoms with Crippen molar-refractivity contribution in [3.8, 4) is 0 Å². The molecular formula is C15H16IN3O2. The van der Waals surface area contributed by atoms with Crippen molar-refractivity contribution in [2.45, 2.75) is 13.2 Å². The Hall–Kier alpha value is -1.57. The molecule has 2 heterocycles. The Bertz CT molecular complexity index is 608. The molecule has 1 aromatic carbocycles. The molecule has 1 aliphatic rings. The number of benzene rings is 1. The molecule has 0 radical (unpaired) electrons. The Morgan fingerprint density at radius 3 is 2.76 bits per heavy atom. The molecular weight excluding hydrogens is 381 g/mol. The minimum atomic E-state index is -0.231. The summed E-state index contributed by atoms with van der Waals surface area (Å²) in [5.41, 5.74) is 1.01. The monoisotopic (exact) mass is 397 g/mol. The molecule has 6 heteroatoms. The Morgan fingerprint density at radius 2 is 2.10 bits per heavy atom. The summed E-state index contributed by atoms with van der Waals surface area (Å²) < 4.78 is 8.36. The van der Waals surface area contributed by atoms with Crippen LogP contribution in [0.4, 0.5) is 4.79 Å². The van der Waals surface area contributed by atoms with Crippen molar-refractivity contribution in [1.29, 1.82) is 0 Å². The van der Waals surface area contributed by atoms with Crippen LogP contribution in [0, 0.1) is 9.49 Å². The third kappa shape index (κ3) is 3.75. The average molecular weight is 397 g/mol. The van der Waals surface area contributed by atoms with E-state index in [1.165, 1.54) is 0 Å². The largest absolute Gasteiger partial charge is 0.445 e. The van der Waals surface area contributed by atoms with Crippen LogP contribution in [0.5, 0.6) is 0 Å². The molecule has 0 spiro atoms. The molecule has 3 rings (SSSR count). The number of likely N-dealkylation sites (tertiary alicyclic amines) is 1. The Morgan fingerprint density at radius 1 is 1.33 bits per heavy atom. The van der Waals surface area contributed by atoms with Gasteiger partial charge in [0.2, 0.25) is 0 Å². The van der Waals surface area contributed by atoms with Crippen molar-refractivity contribution in [1.82, 2.24) is 14.7 Å². The smallest absolute Gasteiger partial charge is 0.410 e. The highest BCUT2D eigenvalue weighted by molar-refractivity contribution is 14.1. The van der Waals surface area contributed by atoms with Crippen molar-refractivity contribution in [3.63, 3.8) is 0 Å². The van der Waals surface area contributed by atoms with Gasteiger partial charge in [-0.25, -0.2) is 4.79 Å². The van der Waals surface area contributed by atoms with Gasteiger partial charge in [0.15, 0.2) is 0 Å². The van der Waals surface area contributed by atoms with E-state index in [0.717, 1.165) is 28.8 Å². The fourth-order valence-electron chi connectivity index (χ4n) is 2.35. The van der Waals surface area contributed by atoms with Crippen LogP contribution in [0.2, 0.25) is 0 Å². The lowest BCUT2D eigenvalue weighted by atomic mass is 10.0. The van der Waals surface area contributed by atoms with E-state index in [2.05, 4.69) is 27.7 Å². The fraction of sp³-hybridized carbons (Fsp3) is 0.333. The van der Waals surface area contributed by atoms with Crippen LogP contribution in [-0.2, 0) is 17.9 Å². The molecule has 0 atom stereocenters. The normalized spacial score (nSPS) is 14.8. The van der Waals surface area contributed by atoms with Gasteiger partial charge in [-0.05, 0) is 28.2 Å². The quantitative estimate of drug-likeness (QED) is 0.746. The first kappa shape index (κ1) is 14.4. The van der Waals surface area contributed by atoms with Gasteiger partial charge in [0, 0.05) is 31.7 Å². The van der Waals surface area contributed by atoms with Crippen LogP contribution < -0.4 is 0 Å². The van der Waals surface area contributed by atoms with Crippen molar-refractivity contribution >= 4 is 28.7 Å². The predicted octanol–water partition coefficient (Wildman–Crippen LogP) is 2.76. The van der Waals surface area contributed by atoms with Crippen molar-refractivity contribution in [2.24, 2.45) is 5.92 Å². The van der Waals surface area contributed by atoms with Crippen LogP contribution >= 0.6 is 22.6 Å². The molecule has 1 aliphatic heterocycles. The number of aromatic nitrogens is 2. The maximum atomic E-state index is 11.9. The van der Waals surface area contributed by atoms with Crippen molar-refractivity contribution in [3.05, 3.63) is 51.9 Å². The predicted molar refractivity (Wildman–Crippen MR) is 86.6 cm³/mol. The van der Waals surface area contributed by atoms with E-state index in [4.69, 9.17) is 4.74 Å². The van der Waals surface area contributed by atoms with E-state index >= 15 is 0 Å². The van der Waals surface area contributed by atoms with Gasteiger partial charge >= 0.3 is 6.09 Å². The lowest BCUT2D eigenvalue weighted by Crippen LogP contribution is -2.51. The summed E-state index contributed by atoms with van der Waals surface area (Å²) in [6, 6.07) is 9.72. The molecule has 1 fully saturated rings. The topological polar surface area (TPSA) is 47.4 Å². The second kappa shape index (κ2) is 6.46. The van der Waals surface area contributed by atoms with Crippen LogP contribution in [0.1, 0.15) is 5.56 Å². The van der Waals surface area contributed by atoms with E-state index < -0.39 is 0 Å². The SMILES string of the molecule is O=C(OCc1ccccc1)N1CC(Cn2cc(I)cn2)C1. The van der Waals surface area contributed by atoms with Crippen molar-refractivity contribution < 1.29 is 9.53 Å². The maximum Gasteiger partial charge on any atom is 0.410 e. The zero-order valence-corrected chi connectivity index (χ0v) is 13.6. The summed E-state index contributed by atoms with van der Waals surface area (Å²) in [5.74, 6) is 0.463. The standard InChI is InChI=1S/C15H16IN3O2/c16-14-6-17-19(10-14)9-13-7-18(8-13)15(20)21-11-12-4-2-1-3-5-12/h1-6,10,13H,7-9,11H2. The van der Waals surface area contributed by atoms with Crippen LogP contribution in [0.15, 0.2) is 42.7 Å². The first-order chi connectivity index (χ1) is 10.2. The van der Waals surface area contributed by atoms with Gasteiger partial charge in [0.1, 0.15) is 6.61 Å². The van der Waals surface area contributed by atoms with Crippen LogP contribution in [0.3, 0.4) is 0 Å². The number of ether oxygens (including phenoxy) is 1. The zero-order chi connectivity index (χ0) is 14.7. The number of rotatable bonds is 4. The molecule has 1 saturated heterocycles. The minimum absolute atomic E-state index is 0.231. The first-order valence-corrected chi connectivity index (χ1v) is 7.92. The van der Waals surface area contributed by atoms with Gasteiger partial charge in [-0.3, -0.25) is 4.68 Å². The van der Waals surface area contributed by atoms with Crippen LogP contribution in [0.25, 0.3) is 0 Å². The van der Waals surface area contributed by atoms with E-state index in [0.29, 0.717) is 12.5 Å². The molecule has 21 heavy (non-hydrogen) atoms. The molecule has 1 amide bonds. The summed E-state index contributed by atoms with van der Waals surface area (Å²) >= 11 is 2.24. The Kier molecular flexibility index (Phi) is 4.42. The first-order valence-electron chi connectivity index (χ1n) is 6.84. The molecule has 0 bridgehead atoms. The summed E-state index contributed by atoms with van der Waals surface area (Å²) in [7, 11) is 0. The van der Waals surface area contributed by atoms with E-state index in [-0.39, 0.29) is 6.09 Å². The molecule has 0 aliphatic carbocycles. The molecule has 0 N–H and O–H groups in total. The summed E-state index contributed by atoms with van der Waals surface area (Å²) in [4.78, 5) is 13.6. The molecule has 110 valence electrons. The lowest BCUT2D eigenvalue weighted by Gasteiger charge is -2.38. The summed E-state index contributed by atoms with van der Waals surface area (Å²) in [5, 5.41) is 4.26. The molecule has 5 nitrogen and oxygen atoms in total. The highest BCUT2D eigenvalue weighted by Gasteiger charge is 2.32. The fourth-order valence-corrected chi connectivity index (χ4v) is 2.79. The number of halogens is 1. The maximum absolute atomic E-state index is 11.9. The highest BCUT2D eigenvalue weighted by Crippen LogP contribution is 2.19. The summed E-state index contributed by atoms with van der Waals surface area (Å²) in [6.07, 6.45) is 3.62. The summed E-state index contributed by atoms with van der Waals surface area (Å²) in [6.45, 7) is 2.66. The molecule has 0 saturated carbocycles. The molecule has 1 aromatic heterocycles. The van der Waals surface area contributed by atoms with Gasteiger partial charge in [-0.15, -0.1) is 0 Å². The van der Waals surface area contributed by atoms with Gasteiger partial charge in [-0.1, -0.05) is 30.3 Å². The van der Waals surface area contributed by atoms with Gasteiger partial charge in [0.25, 0.3) is 0 Å². The second-order valence-electron chi connectivity index (χ2n) is 5.19. The number of hydrogen-bond acceptors (Lipinski definition) is 3. The van der Waals surface area contributed by atoms with Gasteiger partial charge in [0.05, 0.1) is 9.77 Å². The second-order valence-corrected chi connectivity index (χ2v) is 6.44. The third-order valence-electron chi connectivity index (χ3n) is 3.47. The molecule has 2 aromatic rings. The Labute approximate surface area is 137 Å². The van der Waals surface area contributed by atoms with Gasteiger partial charge < -0.3 is 9.64 Å². The van der Waals surface area contributed by atoms with Gasteiger partial charge in [-0.2, -0.15) is 5.10 Å². The van der Waals surface area contributed by atoms with E-state index in [1.807, 2.05) is 47.4 Å². The lowest BCUT2D eigenvalue weighted by molar-refractivity contribution is 0.0436. The number of carbonyl (C=O) groups is 1. The number of hydrogen-bond donors (Lipinski definition) is 0. The molecule has 0 unspecified atom stereocenters. The zero-order valence-electron chi connectivity index (χ0n) is 11.5. The van der Waals surface area contributed by atoms with Crippen molar-refractivity contribution in [2.75, 3.05) is 13.1 Å². The van der Waals surface area contributed by atoms with E-state index in [9.17, 15) is 4.79 Å². The Balaban J connectivity index is 1.40. The van der Waals surface area contributed by atoms with E-state index in [1.54, 1.807) is 4.90 Å². The number of amides is 1.